The highest BCUT2D eigenvalue weighted by Gasteiger charge is 2.22. The third-order valence-electron chi connectivity index (χ3n) is 3.95. The van der Waals surface area contributed by atoms with Crippen molar-refractivity contribution < 1.29 is 9.59 Å². The van der Waals surface area contributed by atoms with Crippen LogP contribution in [0.25, 0.3) is 0 Å². The van der Waals surface area contributed by atoms with Gasteiger partial charge in [-0.2, -0.15) is 0 Å². The molecule has 1 aliphatic rings. The number of thiophene rings is 1. The van der Waals surface area contributed by atoms with Crippen LogP contribution < -0.4 is 5.32 Å². The summed E-state index contributed by atoms with van der Waals surface area (Å²) in [6.07, 6.45) is 5.13. The second kappa shape index (κ2) is 5.82. The Morgan fingerprint density at radius 3 is 2.76 bits per heavy atom. The maximum atomic E-state index is 12.4. The second-order valence-electron chi connectivity index (χ2n) is 5.34. The van der Waals surface area contributed by atoms with Gasteiger partial charge in [0.05, 0.1) is 5.56 Å². The molecule has 0 fully saturated rings. The minimum Gasteiger partial charge on any atom is -0.313 e. The predicted molar refractivity (Wildman–Crippen MR) is 85.5 cm³/mol. The highest BCUT2D eigenvalue weighted by atomic mass is 32.1. The molecule has 1 aliphatic carbocycles. The molecule has 2 aromatic rings. The van der Waals surface area contributed by atoms with Gasteiger partial charge < -0.3 is 5.32 Å². The molecule has 0 atom stereocenters. The molecule has 0 unspecified atom stereocenters. The minimum atomic E-state index is -0.144. The van der Waals surface area contributed by atoms with Crippen LogP contribution in [0.1, 0.15) is 49.6 Å². The van der Waals surface area contributed by atoms with Crippen LogP contribution in [0.3, 0.4) is 0 Å². The van der Waals surface area contributed by atoms with Crippen molar-refractivity contribution >= 4 is 28.5 Å². The summed E-state index contributed by atoms with van der Waals surface area (Å²) in [6, 6.07) is 7.47. The predicted octanol–water partition coefficient (Wildman–Crippen LogP) is 4.00. The van der Waals surface area contributed by atoms with E-state index in [0.717, 1.165) is 43.1 Å². The lowest BCUT2D eigenvalue weighted by atomic mass is 9.96. The van der Waals surface area contributed by atoms with E-state index >= 15 is 0 Å². The maximum absolute atomic E-state index is 12.4. The van der Waals surface area contributed by atoms with E-state index in [4.69, 9.17) is 0 Å². The Morgan fingerprint density at radius 1 is 1.24 bits per heavy atom. The number of benzene rings is 1. The van der Waals surface area contributed by atoms with Crippen LogP contribution in [-0.4, -0.2) is 12.2 Å². The average Bonchev–Trinajstić information content (AvgIpc) is 2.84. The number of carbonyl (C=O) groups is 2. The van der Waals surface area contributed by atoms with Gasteiger partial charge in [0.1, 0.15) is 5.00 Å². The molecule has 1 aromatic heterocycles. The van der Waals surface area contributed by atoms with Gasteiger partial charge in [0, 0.05) is 10.4 Å². The van der Waals surface area contributed by atoms with Gasteiger partial charge in [-0.05, 0) is 49.8 Å². The molecule has 108 valence electrons. The summed E-state index contributed by atoms with van der Waals surface area (Å²) < 4.78 is 0. The summed E-state index contributed by atoms with van der Waals surface area (Å²) in [5.41, 5.74) is 3.41. The van der Waals surface area contributed by atoms with Crippen molar-refractivity contribution in [2.45, 2.75) is 32.6 Å². The Balaban J connectivity index is 1.92. The second-order valence-corrected chi connectivity index (χ2v) is 6.45. The molecular weight excluding hydrogens is 282 g/mol. The normalized spacial score (nSPS) is 13.6. The summed E-state index contributed by atoms with van der Waals surface area (Å²) >= 11 is 1.55. The number of anilines is 1. The van der Waals surface area contributed by atoms with Gasteiger partial charge in [0.25, 0.3) is 5.91 Å². The van der Waals surface area contributed by atoms with Gasteiger partial charge in [-0.15, -0.1) is 11.3 Å². The van der Waals surface area contributed by atoms with Gasteiger partial charge >= 0.3 is 0 Å². The fraction of sp³-hybridized carbons (Fsp3) is 0.294. The van der Waals surface area contributed by atoms with E-state index in [1.54, 1.807) is 17.4 Å². The van der Waals surface area contributed by atoms with E-state index < -0.39 is 0 Å². The largest absolute Gasteiger partial charge is 0.313 e. The molecule has 1 heterocycles. The fourth-order valence-corrected chi connectivity index (χ4v) is 4.06. The molecular formula is C17H17NO2S. The summed E-state index contributed by atoms with van der Waals surface area (Å²) in [5, 5.41) is 3.62. The number of hydrogen-bond acceptors (Lipinski definition) is 3. The van der Waals surface area contributed by atoms with Gasteiger partial charge in [-0.25, -0.2) is 0 Å². The zero-order valence-corrected chi connectivity index (χ0v) is 12.8. The molecule has 0 bridgehead atoms. The van der Waals surface area contributed by atoms with Crippen LogP contribution in [0.2, 0.25) is 0 Å². The number of hydrogen-bond donors (Lipinski definition) is 1. The topological polar surface area (TPSA) is 46.2 Å². The van der Waals surface area contributed by atoms with Crippen molar-refractivity contribution in [3.63, 3.8) is 0 Å². The monoisotopic (exact) mass is 299 g/mol. The van der Waals surface area contributed by atoms with Crippen LogP contribution in [0, 0.1) is 6.92 Å². The molecule has 0 saturated carbocycles. The number of rotatable bonds is 3. The van der Waals surface area contributed by atoms with E-state index in [9.17, 15) is 9.59 Å². The minimum absolute atomic E-state index is 0.144. The third kappa shape index (κ3) is 2.63. The first-order valence-electron chi connectivity index (χ1n) is 7.17. The first kappa shape index (κ1) is 14.0. The van der Waals surface area contributed by atoms with E-state index in [2.05, 4.69) is 5.32 Å². The van der Waals surface area contributed by atoms with Crippen molar-refractivity contribution in [3.8, 4) is 0 Å². The molecule has 21 heavy (non-hydrogen) atoms. The van der Waals surface area contributed by atoms with Gasteiger partial charge in [0.2, 0.25) is 0 Å². The first-order valence-corrected chi connectivity index (χ1v) is 7.99. The number of carbonyl (C=O) groups excluding carboxylic acids is 2. The maximum Gasteiger partial charge on any atom is 0.256 e. The van der Waals surface area contributed by atoms with Crippen molar-refractivity contribution in [1.82, 2.24) is 0 Å². The molecule has 1 amide bonds. The Hall–Kier alpha value is -1.94. The van der Waals surface area contributed by atoms with Crippen LogP contribution >= 0.6 is 11.3 Å². The molecule has 0 saturated heterocycles. The number of aldehydes is 1. The lowest BCUT2D eigenvalue weighted by Gasteiger charge is -2.10. The van der Waals surface area contributed by atoms with Crippen molar-refractivity contribution in [2.75, 3.05) is 5.32 Å². The van der Waals surface area contributed by atoms with Gasteiger partial charge in [0.15, 0.2) is 6.29 Å². The van der Waals surface area contributed by atoms with E-state index in [-0.39, 0.29) is 5.91 Å². The standard InChI is InChI=1S/C17H17NO2S/c1-11-6-2-3-7-12(11)16(20)18-17-14(10-19)13-8-4-5-9-15(13)21-17/h2-3,6-7,10H,4-5,8-9H2,1H3,(H,18,20). The Bertz CT molecular complexity index is 703. The molecule has 0 spiro atoms. The van der Waals surface area contributed by atoms with Crippen LogP contribution in [0.4, 0.5) is 5.00 Å². The molecule has 0 aliphatic heterocycles. The SMILES string of the molecule is Cc1ccccc1C(=O)Nc1sc2c(c1C=O)CCCC2. The molecule has 0 radical (unpaired) electrons. The van der Waals surface area contributed by atoms with E-state index in [0.29, 0.717) is 16.1 Å². The van der Waals surface area contributed by atoms with Crippen molar-refractivity contribution in [3.05, 3.63) is 51.4 Å². The number of nitrogens with one attached hydrogen (secondary N) is 1. The Kier molecular flexibility index (Phi) is 3.88. The Morgan fingerprint density at radius 2 is 2.00 bits per heavy atom. The molecule has 1 aromatic carbocycles. The summed E-state index contributed by atoms with van der Waals surface area (Å²) in [7, 11) is 0. The Labute approximate surface area is 128 Å². The quantitative estimate of drug-likeness (QED) is 0.871. The number of fused-ring (bicyclic) bond motifs is 1. The summed E-state index contributed by atoms with van der Waals surface area (Å²) in [5.74, 6) is -0.144. The summed E-state index contributed by atoms with van der Waals surface area (Å²) in [6.45, 7) is 1.91. The zero-order chi connectivity index (χ0) is 14.8. The smallest absolute Gasteiger partial charge is 0.256 e. The lowest BCUT2D eigenvalue weighted by Crippen LogP contribution is -2.13. The zero-order valence-electron chi connectivity index (χ0n) is 11.9. The van der Waals surface area contributed by atoms with Crippen molar-refractivity contribution in [1.29, 1.82) is 0 Å². The highest BCUT2D eigenvalue weighted by Crippen LogP contribution is 2.37. The highest BCUT2D eigenvalue weighted by molar-refractivity contribution is 7.17. The van der Waals surface area contributed by atoms with Gasteiger partial charge in [-0.3, -0.25) is 9.59 Å². The van der Waals surface area contributed by atoms with E-state index in [1.165, 1.54) is 4.88 Å². The van der Waals surface area contributed by atoms with Crippen molar-refractivity contribution in [2.24, 2.45) is 0 Å². The van der Waals surface area contributed by atoms with Crippen LogP contribution in [0.5, 0.6) is 0 Å². The lowest BCUT2D eigenvalue weighted by molar-refractivity contribution is 0.102. The summed E-state index contributed by atoms with van der Waals surface area (Å²) in [4.78, 5) is 25.0. The van der Waals surface area contributed by atoms with Gasteiger partial charge in [-0.1, -0.05) is 18.2 Å². The number of aryl methyl sites for hydroxylation is 2. The first-order chi connectivity index (χ1) is 10.2. The third-order valence-corrected chi connectivity index (χ3v) is 5.17. The molecule has 3 nitrogen and oxygen atoms in total. The van der Waals surface area contributed by atoms with Crippen LogP contribution in [-0.2, 0) is 12.8 Å². The molecule has 3 rings (SSSR count). The molecule has 1 N–H and O–H groups in total. The average molecular weight is 299 g/mol. The number of amides is 1. The fourth-order valence-electron chi connectivity index (χ4n) is 2.81. The molecule has 4 heteroatoms. The van der Waals surface area contributed by atoms with E-state index in [1.807, 2.05) is 25.1 Å². The van der Waals surface area contributed by atoms with Crippen LogP contribution in [0.15, 0.2) is 24.3 Å².